The van der Waals surface area contributed by atoms with E-state index < -0.39 is 0 Å². The predicted octanol–water partition coefficient (Wildman–Crippen LogP) is 1.87. The Hall–Kier alpha value is -1.75. The zero-order valence-electron chi connectivity index (χ0n) is 11.4. The maximum Gasteiger partial charge on any atom is 0.319 e. The van der Waals surface area contributed by atoms with Crippen LogP contribution < -0.4 is 16.4 Å². The summed E-state index contributed by atoms with van der Waals surface area (Å²) in [7, 11) is 0. The molecule has 1 aromatic carbocycles. The third kappa shape index (κ3) is 4.13. The van der Waals surface area contributed by atoms with E-state index in [0.29, 0.717) is 24.0 Å². The van der Waals surface area contributed by atoms with Gasteiger partial charge in [0.05, 0.1) is 0 Å². The van der Waals surface area contributed by atoms with Gasteiger partial charge in [0, 0.05) is 24.0 Å². The summed E-state index contributed by atoms with van der Waals surface area (Å²) in [4.78, 5) is 14.2. The van der Waals surface area contributed by atoms with Gasteiger partial charge in [-0.3, -0.25) is 4.90 Å². The van der Waals surface area contributed by atoms with Crippen molar-refractivity contribution >= 4 is 17.4 Å². The molecule has 1 aliphatic rings. The Balaban J connectivity index is 1.75. The standard InChI is InChI=1S/C14H22N4O/c1-11(18-7-2-3-8-18)10-16-14(19)17-13-6-4-5-12(15)9-13/h4-6,9,11H,2-3,7-8,10,15H2,1H3,(H2,16,17,19). The Morgan fingerprint density at radius 1 is 1.42 bits per heavy atom. The number of carbonyl (C=O) groups excluding carboxylic acids is 1. The monoisotopic (exact) mass is 262 g/mol. The number of likely N-dealkylation sites (tertiary alicyclic amines) is 1. The summed E-state index contributed by atoms with van der Waals surface area (Å²) in [6.07, 6.45) is 2.53. The molecule has 0 spiro atoms. The van der Waals surface area contributed by atoms with Crippen molar-refractivity contribution in [3.63, 3.8) is 0 Å². The summed E-state index contributed by atoms with van der Waals surface area (Å²) < 4.78 is 0. The van der Waals surface area contributed by atoms with Gasteiger partial charge in [0.15, 0.2) is 0 Å². The number of urea groups is 1. The Bertz CT molecular complexity index is 429. The molecule has 0 radical (unpaired) electrons. The van der Waals surface area contributed by atoms with Crippen LogP contribution in [0.5, 0.6) is 0 Å². The summed E-state index contributed by atoms with van der Waals surface area (Å²) in [5.41, 5.74) is 7.02. The first-order valence-corrected chi connectivity index (χ1v) is 6.79. The lowest BCUT2D eigenvalue weighted by atomic mass is 10.3. The first kappa shape index (κ1) is 13.7. The van der Waals surface area contributed by atoms with E-state index in [2.05, 4.69) is 22.5 Å². The molecule has 2 amide bonds. The quantitative estimate of drug-likeness (QED) is 0.726. The highest BCUT2D eigenvalue weighted by Crippen LogP contribution is 2.12. The number of hydrogen-bond donors (Lipinski definition) is 3. The molecule has 2 rings (SSSR count). The number of amides is 2. The van der Waals surface area contributed by atoms with Crippen molar-refractivity contribution in [1.82, 2.24) is 10.2 Å². The van der Waals surface area contributed by atoms with Gasteiger partial charge in [0.25, 0.3) is 0 Å². The molecule has 0 bridgehead atoms. The van der Waals surface area contributed by atoms with Crippen molar-refractivity contribution in [3.05, 3.63) is 24.3 Å². The molecule has 0 aliphatic carbocycles. The normalized spacial score (nSPS) is 17.1. The van der Waals surface area contributed by atoms with Gasteiger partial charge in [0.2, 0.25) is 0 Å². The molecule has 0 aromatic heterocycles. The van der Waals surface area contributed by atoms with Gasteiger partial charge < -0.3 is 16.4 Å². The minimum absolute atomic E-state index is 0.184. The highest BCUT2D eigenvalue weighted by Gasteiger charge is 2.18. The minimum Gasteiger partial charge on any atom is -0.399 e. The number of nitrogens with zero attached hydrogens (tertiary/aromatic N) is 1. The molecule has 0 saturated carbocycles. The second-order valence-electron chi connectivity index (χ2n) is 5.05. The van der Waals surface area contributed by atoms with E-state index in [1.54, 1.807) is 12.1 Å². The number of hydrogen-bond acceptors (Lipinski definition) is 3. The fourth-order valence-electron chi connectivity index (χ4n) is 2.34. The summed E-state index contributed by atoms with van der Waals surface area (Å²) in [5, 5.41) is 5.67. The maximum atomic E-state index is 11.8. The van der Waals surface area contributed by atoms with E-state index in [0.717, 1.165) is 13.1 Å². The third-order valence-corrected chi connectivity index (χ3v) is 3.47. The van der Waals surface area contributed by atoms with Gasteiger partial charge in [-0.2, -0.15) is 0 Å². The zero-order valence-corrected chi connectivity index (χ0v) is 11.4. The first-order chi connectivity index (χ1) is 9.15. The number of nitrogens with one attached hydrogen (secondary N) is 2. The molecule has 1 saturated heterocycles. The van der Waals surface area contributed by atoms with Crippen LogP contribution in [0.15, 0.2) is 24.3 Å². The molecular formula is C14H22N4O. The number of benzene rings is 1. The molecule has 5 heteroatoms. The van der Waals surface area contributed by atoms with Crippen molar-refractivity contribution in [2.45, 2.75) is 25.8 Å². The van der Waals surface area contributed by atoms with Crippen molar-refractivity contribution in [3.8, 4) is 0 Å². The summed E-state index contributed by atoms with van der Waals surface area (Å²) in [6, 6.07) is 7.37. The van der Waals surface area contributed by atoms with Crippen LogP contribution in [-0.4, -0.2) is 36.6 Å². The minimum atomic E-state index is -0.184. The second kappa shape index (κ2) is 6.43. The Morgan fingerprint density at radius 2 is 2.16 bits per heavy atom. The van der Waals surface area contributed by atoms with E-state index in [4.69, 9.17) is 5.73 Å². The second-order valence-corrected chi connectivity index (χ2v) is 5.05. The number of rotatable bonds is 4. The molecule has 1 aliphatic heterocycles. The lowest BCUT2D eigenvalue weighted by molar-refractivity contribution is 0.234. The van der Waals surface area contributed by atoms with Gasteiger partial charge in [-0.25, -0.2) is 4.79 Å². The van der Waals surface area contributed by atoms with E-state index in [1.165, 1.54) is 12.8 Å². The summed E-state index contributed by atoms with van der Waals surface area (Å²) >= 11 is 0. The van der Waals surface area contributed by atoms with Crippen LogP contribution in [0.1, 0.15) is 19.8 Å². The molecule has 5 nitrogen and oxygen atoms in total. The number of nitrogen functional groups attached to an aromatic ring is 1. The van der Waals surface area contributed by atoms with Crippen LogP contribution in [0.4, 0.5) is 16.2 Å². The SMILES string of the molecule is CC(CNC(=O)Nc1cccc(N)c1)N1CCCC1. The van der Waals surface area contributed by atoms with Crippen LogP contribution >= 0.6 is 0 Å². The number of carbonyl (C=O) groups is 1. The van der Waals surface area contributed by atoms with E-state index in [1.807, 2.05) is 12.1 Å². The lowest BCUT2D eigenvalue weighted by Crippen LogP contribution is -2.42. The largest absolute Gasteiger partial charge is 0.399 e. The van der Waals surface area contributed by atoms with Gasteiger partial charge in [0.1, 0.15) is 0 Å². The van der Waals surface area contributed by atoms with Gasteiger partial charge >= 0.3 is 6.03 Å². The Labute approximate surface area is 114 Å². The first-order valence-electron chi connectivity index (χ1n) is 6.79. The smallest absolute Gasteiger partial charge is 0.319 e. The van der Waals surface area contributed by atoms with Crippen molar-refractivity contribution < 1.29 is 4.79 Å². The molecule has 4 N–H and O–H groups in total. The highest BCUT2D eigenvalue weighted by atomic mass is 16.2. The van der Waals surface area contributed by atoms with Gasteiger partial charge in [-0.15, -0.1) is 0 Å². The van der Waals surface area contributed by atoms with Crippen molar-refractivity contribution in [2.75, 3.05) is 30.7 Å². The van der Waals surface area contributed by atoms with E-state index in [-0.39, 0.29) is 6.03 Å². The van der Waals surface area contributed by atoms with Crippen molar-refractivity contribution in [1.29, 1.82) is 0 Å². The average molecular weight is 262 g/mol. The lowest BCUT2D eigenvalue weighted by Gasteiger charge is -2.23. The Kier molecular flexibility index (Phi) is 4.63. The molecular weight excluding hydrogens is 240 g/mol. The summed E-state index contributed by atoms with van der Waals surface area (Å²) in [6.45, 7) is 5.08. The number of nitrogens with two attached hydrogens (primary N) is 1. The van der Waals surface area contributed by atoms with Crippen LogP contribution in [0.25, 0.3) is 0 Å². The van der Waals surface area contributed by atoms with E-state index in [9.17, 15) is 4.79 Å². The van der Waals surface area contributed by atoms with Gasteiger partial charge in [-0.05, 0) is 51.1 Å². The van der Waals surface area contributed by atoms with Crippen LogP contribution in [0, 0.1) is 0 Å². The highest BCUT2D eigenvalue weighted by molar-refractivity contribution is 5.89. The zero-order chi connectivity index (χ0) is 13.7. The molecule has 104 valence electrons. The average Bonchev–Trinajstić information content (AvgIpc) is 2.90. The van der Waals surface area contributed by atoms with Crippen LogP contribution in [0.3, 0.4) is 0 Å². The number of anilines is 2. The third-order valence-electron chi connectivity index (χ3n) is 3.47. The van der Waals surface area contributed by atoms with Crippen LogP contribution in [0.2, 0.25) is 0 Å². The topological polar surface area (TPSA) is 70.4 Å². The van der Waals surface area contributed by atoms with Gasteiger partial charge in [-0.1, -0.05) is 6.07 Å². The molecule has 1 heterocycles. The fraction of sp³-hybridized carbons (Fsp3) is 0.500. The molecule has 19 heavy (non-hydrogen) atoms. The molecule has 1 aromatic rings. The fourth-order valence-corrected chi connectivity index (χ4v) is 2.34. The van der Waals surface area contributed by atoms with Crippen LogP contribution in [-0.2, 0) is 0 Å². The molecule has 1 unspecified atom stereocenters. The molecule has 1 fully saturated rings. The van der Waals surface area contributed by atoms with E-state index >= 15 is 0 Å². The maximum absolute atomic E-state index is 11.8. The predicted molar refractivity (Wildman–Crippen MR) is 78.1 cm³/mol. The Morgan fingerprint density at radius 3 is 2.84 bits per heavy atom. The summed E-state index contributed by atoms with van der Waals surface area (Å²) in [5.74, 6) is 0. The molecule has 1 atom stereocenters. The van der Waals surface area contributed by atoms with Crippen molar-refractivity contribution in [2.24, 2.45) is 0 Å².